The van der Waals surface area contributed by atoms with E-state index in [0.29, 0.717) is 13.2 Å². The van der Waals surface area contributed by atoms with Gasteiger partial charge in [-0.3, -0.25) is 0 Å². The fraction of sp³-hybridized carbons (Fsp3) is 0.667. The molecule has 2 fully saturated rings. The molecule has 0 aromatic heterocycles. The van der Waals surface area contributed by atoms with E-state index in [1.54, 1.807) is 14.2 Å². The molecule has 6 nitrogen and oxygen atoms in total. The second kappa shape index (κ2) is 15.5. The summed E-state index contributed by atoms with van der Waals surface area (Å²) >= 11 is 0. The van der Waals surface area contributed by atoms with Gasteiger partial charge in [-0.25, -0.2) is 0 Å². The van der Waals surface area contributed by atoms with Crippen molar-refractivity contribution in [2.75, 3.05) is 66.8 Å². The molecular formula is C18H32N2O4. The van der Waals surface area contributed by atoms with Gasteiger partial charge < -0.3 is 29.6 Å². The number of hydrogen-bond donors (Lipinski definition) is 2. The van der Waals surface area contributed by atoms with E-state index >= 15 is 0 Å². The van der Waals surface area contributed by atoms with Crippen molar-refractivity contribution in [1.82, 2.24) is 10.6 Å². The third-order valence-electron chi connectivity index (χ3n) is 3.41. The summed E-state index contributed by atoms with van der Waals surface area (Å²) in [5.41, 5.74) is 2.39. The lowest BCUT2D eigenvalue weighted by Crippen LogP contribution is -2.30. The molecule has 2 aliphatic rings. The Morgan fingerprint density at radius 1 is 0.750 bits per heavy atom. The van der Waals surface area contributed by atoms with Gasteiger partial charge in [-0.1, -0.05) is 24.3 Å². The number of benzene rings is 1. The van der Waals surface area contributed by atoms with Crippen molar-refractivity contribution in [2.24, 2.45) is 0 Å². The quantitative estimate of drug-likeness (QED) is 0.859. The summed E-state index contributed by atoms with van der Waals surface area (Å²) in [4.78, 5) is 0. The smallest absolute Gasteiger partial charge is 0.0716 e. The van der Waals surface area contributed by atoms with E-state index in [4.69, 9.17) is 18.9 Å². The SMILES string of the molecule is C1COCCN1.C1COCCN1.COCc1ccccc1COC. The zero-order chi connectivity index (χ0) is 17.3. The molecule has 0 atom stereocenters. The molecule has 3 rings (SSSR count). The van der Waals surface area contributed by atoms with Gasteiger partial charge in [0.05, 0.1) is 39.6 Å². The fourth-order valence-corrected chi connectivity index (χ4v) is 2.18. The minimum absolute atomic E-state index is 0.652. The monoisotopic (exact) mass is 340 g/mol. The van der Waals surface area contributed by atoms with Crippen LogP contribution in [0.15, 0.2) is 24.3 Å². The van der Waals surface area contributed by atoms with Crippen LogP contribution in [-0.2, 0) is 32.2 Å². The lowest BCUT2D eigenvalue weighted by atomic mass is 10.1. The number of nitrogens with one attached hydrogen (secondary N) is 2. The molecule has 2 N–H and O–H groups in total. The average Bonchev–Trinajstić information content (AvgIpc) is 2.68. The molecule has 138 valence electrons. The fourth-order valence-electron chi connectivity index (χ4n) is 2.18. The van der Waals surface area contributed by atoms with Crippen LogP contribution in [-0.4, -0.2) is 66.8 Å². The number of hydrogen-bond acceptors (Lipinski definition) is 6. The van der Waals surface area contributed by atoms with E-state index in [2.05, 4.69) is 22.8 Å². The van der Waals surface area contributed by atoms with Crippen LogP contribution in [0.25, 0.3) is 0 Å². The molecule has 0 saturated carbocycles. The highest BCUT2D eigenvalue weighted by Crippen LogP contribution is 2.10. The predicted octanol–water partition coefficient (Wildman–Crippen LogP) is 1.19. The van der Waals surface area contributed by atoms with Crippen molar-refractivity contribution < 1.29 is 18.9 Å². The summed E-state index contributed by atoms with van der Waals surface area (Å²) in [7, 11) is 3.40. The number of ether oxygens (including phenoxy) is 4. The number of rotatable bonds is 4. The molecule has 0 unspecified atom stereocenters. The molecule has 0 bridgehead atoms. The van der Waals surface area contributed by atoms with Crippen molar-refractivity contribution in [3.8, 4) is 0 Å². The summed E-state index contributed by atoms with van der Waals surface area (Å²) in [6.07, 6.45) is 0. The van der Waals surface area contributed by atoms with Crippen molar-refractivity contribution in [1.29, 1.82) is 0 Å². The van der Waals surface area contributed by atoms with Crippen LogP contribution in [0.1, 0.15) is 11.1 Å². The molecule has 0 radical (unpaired) electrons. The summed E-state index contributed by atoms with van der Waals surface area (Å²) < 4.78 is 20.1. The van der Waals surface area contributed by atoms with Crippen LogP contribution < -0.4 is 10.6 Å². The third-order valence-corrected chi connectivity index (χ3v) is 3.41. The Balaban J connectivity index is 0.000000200. The molecule has 1 aromatic carbocycles. The number of morpholine rings is 2. The second-order valence-electron chi connectivity index (χ2n) is 5.36. The highest BCUT2D eigenvalue weighted by molar-refractivity contribution is 5.25. The molecule has 2 saturated heterocycles. The Morgan fingerprint density at radius 3 is 1.33 bits per heavy atom. The molecular weight excluding hydrogens is 308 g/mol. The summed E-state index contributed by atoms with van der Waals surface area (Å²) in [6.45, 7) is 8.97. The van der Waals surface area contributed by atoms with Crippen LogP contribution in [0, 0.1) is 0 Å². The van der Waals surface area contributed by atoms with Crippen LogP contribution in [0.5, 0.6) is 0 Å². The Labute approximate surface area is 145 Å². The van der Waals surface area contributed by atoms with Gasteiger partial charge >= 0.3 is 0 Å². The summed E-state index contributed by atoms with van der Waals surface area (Å²) in [5.74, 6) is 0. The topological polar surface area (TPSA) is 61.0 Å². The van der Waals surface area contributed by atoms with Crippen LogP contribution in [0.3, 0.4) is 0 Å². The standard InChI is InChI=1S/C10H14O2.2C4H9NO/c1-11-7-9-5-3-4-6-10(9)8-12-2;2*1-3-6-4-2-5-1/h3-6H,7-8H2,1-2H3;2*5H,1-4H2. The minimum atomic E-state index is 0.652. The van der Waals surface area contributed by atoms with E-state index in [-0.39, 0.29) is 0 Å². The number of methoxy groups -OCH3 is 2. The third kappa shape index (κ3) is 10.7. The molecule has 0 amide bonds. The van der Waals surface area contributed by atoms with Gasteiger partial charge in [-0.15, -0.1) is 0 Å². The predicted molar refractivity (Wildman–Crippen MR) is 95.2 cm³/mol. The van der Waals surface area contributed by atoms with Gasteiger partial charge in [-0.2, -0.15) is 0 Å². The zero-order valence-electron chi connectivity index (χ0n) is 15.0. The maximum atomic E-state index is 5.06. The van der Waals surface area contributed by atoms with Crippen LogP contribution in [0.2, 0.25) is 0 Å². The molecule has 2 heterocycles. The maximum absolute atomic E-state index is 5.06. The van der Waals surface area contributed by atoms with E-state index in [1.165, 1.54) is 11.1 Å². The van der Waals surface area contributed by atoms with E-state index in [9.17, 15) is 0 Å². The van der Waals surface area contributed by atoms with Gasteiger partial charge in [0.25, 0.3) is 0 Å². The zero-order valence-corrected chi connectivity index (χ0v) is 15.0. The van der Waals surface area contributed by atoms with Crippen molar-refractivity contribution in [3.05, 3.63) is 35.4 Å². The Morgan fingerprint density at radius 2 is 1.12 bits per heavy atom. The summed E-state index contributed by atoms with van der Waals surface area (Å²) in [5, 5.41) is 6.32. The lowest BCUT2D eigenvalue weighted by Gasteiger charge is -2.10. The molecule has 1 aromatic rings. The average molecular weight is 340 g/mol. The van der Waals surface area contributed by atoms with Gasteiger partial charge in [0.15, 0.2) is 0 Å². The molecule has 6 heteroatoms. The lowest BCUT2D eigenvalue weighted by molar-refractivity contribution is 0.109. The van der Waals surface area contributed by atoms with Crippen LogP contribution >= 0.6 is 0 Å². The Kier molecular flexibility index (Phi) is 13.6. The molecule has 24 heavy (non-hydrogen) atoms. The first-order valence-electron chi connectivity index (χ1n) is 8.50. The first kappa shape index (κ1) is 21.0. The van der Waals surface area contributed by atoms with Crippen molar-refractivity contribution in [3.63, 3.8) is 0 Å². The molecule has 0 spiro atoms. The van der Waals surface area contributed by atoms with E-state index < -0.39 is 0 Å². The van der Waals surface area contributed by atoms with Gasteiger partial charge in [-0.05, 0) is 11.1 Å². The van der Waals surface area contributed by atoms with E-state index in [1.807, 2.05) is 12.1 Å². The van der Waals surface area contributed by atoms with Crippen molar-refractivity contribution in [2.45, 2.75) is 13.2 Å². The highest BCUT2D eigenvalue weighted by atomic mass is 16.5. The first-order chi connectivity index (χ1) is 11.9. The second-order valence-corrected chi connectivity index (χ2v) is 5.36. The molecule has 0 aliphatic carbocycles. The largest absolute Gasteiger partial charge is 0.380 e. The van der Waals surface area contributed by atoms with Gasteiger partial charge in [0.1, 0.15) is 0 Å². The maximum Gasteiger partial charge on any atom is 0.0716 e. The van der Waals surface area contributed by atoms with E-state index in [0.717, 1.165) is 52.6 Å². The van der Waals surface area contributed by atoms with Crippen LogP contribution in [0.4, 0.5) is 0 Å². The Hall–Kier alpha value is -1.02. The first-order valence-corrected chi connectivity index (χ1v) is 8.50. The minimum Gasteiger partial charge on any atom is -0.380 e. The summed E-state index contributed by atoms with van der Waals surface area (Å²) in [6, 6.07) is 8.12. The molecule has 2 aliphatic heterocycles. The Bertz CT molecular complexity index is 336. The highest BCUT2D eigenvalue weighted by Gasteiger charge is 1.99. The van der Waals surface area contributed by atoms with Crippen molar-refractivity contribution >= 4 is 0 Å². The van der Waals surface area contributed by atoms with Gasteiger partial charge in [0, 0.05) is 40.4 Å². The normalized spacial score (nSPS) is 17.1. The van der Waals surface area contributed by atoms with Gasteiger partial charge in [0.2, 0.25) is 0 Å².